The first-order chi connectivity index (χ1) is 5.83. The van der Waals surface area contributed by atoms with Crippen molar-refractivity contribution in [2.24, 2.45) is 0 Å². The van der Waals surface area contributed by atoms with Crippen LogP contribution in [0.4, 0.5) is 0 Å². The van der Waals surface area contributed by atoms with Crippen LogP contribution in [-0.4, -0.2) is 18.0 Å². The molecule has 0 fully saturated rings. The molecule has 1 heteroatoms. The Morgan fingerprint density at radius 1 is 1.42 bits per heavy atom. The lowest BCUT2D eigenvalue weighted by atomic mass is 10.2. The van der Waals surface area contributed by atoms with Gasteiger partial charge in [-0.05, 0) is 18.9 Å². The Balaban J connectivity index is 2.21. The zero-order chi connectivity index (χ0) is 8.81. The van der Waals surface area contributed by atoms with Crippen molar-refractivity contribution < 1.29 is 0 Å². The van der Waals surface area contributed by atoms with Crippen LogP contribution >= 0.6 is 0 Å². The highest BCUT2D eigenvalue weighted by Crippen LogP contribution is 2.07. The van der Waals surface area contributed by atoms with Crippen molar-refractivity contribution in [1.82, 2.24) is 4.90 Å². The molecule has 0 amide bonds. The smallest absolute Gasteiger partial charge is 0.0357 e. The number of allylic oxidation sites excluding steroid dienone is 2. The first-order valence-corrected chi connectivity index (χ1v) is 4.92. The molecule has 0 spiro atoms. The topological polar surface area (TPSA) is 3.24 Å². The number of nitrogens with zero attached hydrogens (tertiary/aromatic N) is 1. The zero-order valence-electron chi connectivity index (χ0n) is 8.21. The van der Waals surface area contributed by atoms with Gasteiger partial charge in [0.05, 0.1) is 0 Å². The molecule has 1 aliphatic heterocycles. The van der Waals surface area contributed by atoms with Crippen LogP contribution in [0, 0.1) is 0 Å². The van der Waals surface area contributed by atoms with Crippen LogP contribution < -0.4 is 0 Å². The normalized spacial score (nSPS) is 16.5. The van der Waals surface area contributed by atoms with Crippen molar-refractivity contribution in [3.63, 3.8) is 0 Å². The summed E-state index contributed by atoms with van der Waals surface area (Å²) in [7, 11) is 0. The first-order valence-electron chi connectivity index (χ1n) is 4.92. The van der Waals surface area contributed by atoms with Crippen molar-refractivity contribution in [3.8, 4) is 0 Å². The molecule has 1 heterocycles. The van der Waals surface area contributed by atoms with Crippen molar-refractivity contribution in [1.29, 1.82) is 0 Å². The number of rotatable bonds is 4. The molecule has 0 aromatic rings. The molecule has 68 valence electrons. The van der Waals surface area contributed by atoms with E-state index in [9.17, 15) is 0 Å². The number of hydrogen-bond donors (Lipinski definition) is 0. The fraction of sp³-hybridized carbons (Fsp3) is 0.636. The Kier molecular flexibility index (Phi) is 3.92. The number of unbranched alkanes of at least 4 members (excludes halogenated alkanes) is 2. The van der Waals surface area contributed by atoms with E-state index in [4.69, 9.17) is 0 Å². The van der Waals surface area contributed by atoms with Crippen molar-refractivity contribution >= 4 is 0 Å². The van der Waals surface area contributed by atoms with Gasteiger partial charge < -0.3 is 4.90 Å². The summed E-state index contributed by atoms with van der Waals surface area (Å²) < 4.78 is 0. The van der Waals surface area contributed by atoms with Crippen LogP contribution in [0.1, 0.15) is 33.1 Å². The van der Waals surface area contributed by atoms with Gasteiger partial charge in [-0.3, -0.25) is 0 Å². The van der Waals surface area contributed by atoms with Crippen molar-refractivity contribution in [2.45, 2.75) is 33.1 Å². The van der Waals surface area contributed by atoms with E-state index in [2.05, 4.69) is 37.1 Å². The van der Waals surface area contributed by atoms with E-state index in [1.807, 2.05) is 0 Å². The minimum Gasteiger partial charge on any atom is -0.373 e. The molecular weight excluding hydrogens is 146 g/mol. The van der Waals surface area contributed by atoms with Gasteiger partial charge >= 0.3 is 0 Å². The molecule has 1 nitrogen and oxygen atoms in total. The maximum Gasteiger partial charge on any atom is 0.0357 e. The van der Waals surface area contributed by atoms with Gasteiger partial charge in [-0.1, -0.05) is 31.9 Å². The molecule has 0 saturated carbocycles. The molecule has 0 bridgehead atoms. The molecule has 1 rings (SSSR count). The number of hydrogen-bond acceptors (Lipinski definition) is 1. The maximum absolute atomic E-state index is 2.39. The van der Waals surface area contributed by atoms with E-state index in [1.54, 1.807) is 0 Å². The molecular formula is C11H19N. The lowest BCUT2D eigenvalue weighted by molar-refractivity contribution is 0.393. The highest BCUT2D eigenvalue weighted by molar-refractivity contribution is 5.19. The Hall–Kier alpha value is -0.720. The highest BCUT2D eigenvalue weighted by Gasteiger charge is 2.00. The van der Waals surface area contributed by atoms with Crippen molar-refractivity contribution in [2.75, 3.05) is 13.1 Å². The molecule has 12 heavy (non-hydrogen) atoms. The second kappa shape index (κ2) is 5.02. The lowest BCUT2D eigenvalue weighted by Gasteiger charge is -2.21. The third-order valence-electron chi connectivity index (χ3n) is 2.16. The van der Waals surface area contributed by atoms with Crippen LogP contribution in [0.3, 0.4) is 0 Å². The largest absolute Gasteiger partial charge is 0.373 e. The van der Waals surface area contributed by atoms with E-state index in [0.717, 1.165) is 6.54 Å². The van der Waals surface area contributed by atoms with E-state index >= 15 is 0 Å². The van der Waals surface area contributed by atoms with E-state index in [-0.39, 0.29) is 0 Å². The quantitative estimate of drug-likeness (QED) is 0.579. The average molecular weight is 165 g/mol. The SMILES string of the molecule is CCCCCN1C=C(C)C=CC1. The van der Waals surface area contributed by atoms with E-state index in [0.29, 0.717) is 0 Å². The summed E-state index contributed by atoms with van der Waals surface area (Å²) in [4.78, 5) is 2.39. The predicted octanol–water partition coefficient (Wildman–Crippen LogP) is 2.95. The molecule has 0 atom stereocenters. The van der Waals surface area contributed by atoms with Gasteiger partial charge in [0.15, 0.2) is 0 Å². The zero-order valence-corrected chi connectivity index (χ0v) is 8.21. The molecule has 1 aliphatic rings. The van der Waals surface area contributed by atoms with Gasteiger partial charge in [-0.25, -0.2) is 0 Å². The van der Waals surface area contributed by atoms with Gasteiger partial charge in [0.25, 0.3) is 0 Å². The van der Waals surface area contributed by atoms with Gasteiger partial charge in [-0.15, -0.1) is 0 Å². The molecule has 0 unspecified atom stereocenters. The van der Waals surface area contributed by atoms with Crippen LogP contribution in [-0.2, 0) is 0 Å². The molecule has 0 aromatic heterocycles. The summed E-state index contributed by atoms with van der Waals surface area (Å²) in [6.45, 7) is 6.72. The van der Waals surface area contributed by atoms with E-state index < -0.39 is 0 Å². The van der Waals surface area contributed by atoms with Gasteiger partial charge in [0, 0.05) is 19.3 Å². The Bertz CT molecular complexity index is 179. The fourth-order valence-electron chi connectivity index (χ4n) is 1.48. The fourth-order valence-corrected chi connectivity index (χ4v) is 1.48. The minimum absolute atomic E-state index is 1.10. The summed E-state index contributed by atoms with van der Waals surface area (Å²) in [5.74, 6) is 0. The standard InChI is InChI=1S/C11H19N/c1-3-4-5-8-12-9-6-7-11(2)10-12/h6-7,10H,3-5,8-9H2,1-2H3. The van der Waals surface area contributed by atoms with Gasteiger partial charge in [0.2, 0.25) is 0 Å². The summed E-state index contributed by atoms with van der Waals surface area (Å²) in [6.07, 6.45) is 10.7. The Morgan fingerprint density at radius 2 is 2.25 bits per heavy atom. The molecule has 0 aliphatic carbocycles. The predicted molar refractivity (Wildman–Crippen MR) is 54.0 cm³/mol. The summed E-state index contributed by atoms with van der Waals surface area (Å²) in [5.41, 5.74) is 1.37. The third kappa shape index (κ3) is 3.12. The monoisotopic (exact) mass is 165 g/mol. The third-order valence-corrected chi connectivity index (χ3v) is 2.16. The van der Waals surface area contributed by atoms with E-state index in [1.165, 1.54) is 31.4 Å². The van der Waals surface area contributed by atoms with Crippen LogP contribution in [0.5, 0.6) is 0 Å². The molecule has 0 radical (unpaired) electrons. The first kappa shape index (κ1) is 9.37. The summed E-state index contributed by atoms with van der Waals surface area (Å²) >= 11 is 0. The van der Waals surface area contributed by atoms with Crippen LogP contribution in [0.15, 0.2) is 23.9 Å². The second-order valence-electron chi connectivity index (χ2n) is 3.48. The molecule has 0 aromatic carbocycles. The molecule has 0 saturated heterocycles. The summed E-state index contributed by atoms with van der Waals surface area (Å²) in [5, 5.41) is 0. The van der Waals surface area contributed by atoms with Crippen LogP contribution in [0.2, 0.25) is 0 Å². The van der Waals surface area contributed by atoms with Gasteiger partial charge in [0.1, 0.15) is 0 Å². The summed E-state index contributed by atoms with van der Waals surface area (Å²) in [6, 6.07) is 0. The average Bonchev–Trinajstić information content (AvgIpc) is 2.05. The molecule has 0 N–H and O–H groups in total. The Morgan fingerprint density at radius 3 is 2.92 bits per heavy atom. The highest BCUT2D eigenvalue weighted by atomic mass is 15.1. The minimum atomic E-state index is 1.10. The lowest BCUT2D eigenvalue weighted by Crippen LogP contribution is -2.20. The van der Waals surface area contributed by atoms with Crippen LogP contribution in [0.25, 0.3) is 0 Å². The maximum atomic E-state index is 2.39. The van der Waals surface area contributed by atoms with Gasteiger partial charge in [-0.2, -0.15) is 0 Å². The van der Waals surface area contributed by atoms with Crippen molar-refractivity contribution in [3.05, 3.63) is 23.9 Å². The second-order valence-corrected chi connectivity index (χ2v) is 3.48. The Labute approximate surface area is 75.8 Å².